The summed E-state index contributed by atoms with van der Waals surface area (Å²) in [5.74, 6) is 2.34. The minimum atomic E-state index is 0.404. The van der Waals surface area contributed by atoms with Gasteiger partial charge in [0.1, 0.15) is 18.1 Å². The summed E-state index contributed by atoms with van der Waals surface area (Å²) < 4.78 is 12.0. The van der Waals surface area contributed by atoms with Crippen LogP contribution in [0.5, 0.6) is 17.4 Å². The molecule has 4 rings (SSSR count). The lowest BCUT2D eigenvalue weighted by atomic mass is 10.1. The van der Waals surface area contributed by atoms with E-state index in [1.54, 1.807) is 36.5 Å². The lowest BCUT2D eigenvalue weighted by Gasteiger charge is -2.14. The molecule has 0 fully saturated rings. The molecular weight excluding hydrogens is 414 g/mol. The third-order valence-electron chi connectivity index (χ3n) is 4.91. The highest BCUT2D eigenvalue weighted by atomic mass is 16.5. The second-order valence-electron chi connectivity index (χ2n) is 7.55. The number of nitrogens with zero attached hydrogens (tertiary/aromatic N) is 3. The lowest BCUT2D eigenvalue weighted by Crippen LogP contribution is -2.01. The van der Waals surface area contributed by atoms with Gasteiger partial charge in [-0.2, -0.15) is 10.2 Å². The van der Waals surface area contributed by atoms with Crippen molar-refractivity contribution in [1.82, 2.24) is 9.97 Å². The number of nitrogen functional groups attached to an aromatic ring is 1. The van der Waals surface area contributed by atoms with Crippen molar-refractivity contribution < 1.29 is 9.47 Å². The quantitative estimate of drug-likeness (QED) is 0.359. The zero-order chi connectivity index (χ0) is 23.2. The van der Waals surface area contributed by atoms with Crippen LogP contribution in [0.25, 0.3) is 0 Å². The SMILES string of the molecule is Cc1cc(COc2ccc(N)cc2)cc(C)c1Oc1ccnc(Nc2ccc(C#N)cc2)n1. The fourth-order valence-corrected chi connectivity index (χ4v) is 3.34. The molecule has 0 radical (unpaired) electrons. The molecular formula is C26H23N5O2. The number of benzene rings is 3. The Morgan fingerprint density at radius 2 is 1.67 bits per heavy atom. The van der Waals surface area contributed by atoms with Crippen molar-refractivity contribution in [2.45, 2.75) is 20.5 Å². The molecule has 4 aromatic rings. The van der Waals surface area contributed by atoms with E-state index in [9.17, 15) is 0 Å². The van der Waals surface area contributed by atoms with Crippen molar-refractivity contribution in [3.05, 3.63) is 95.2 Å². The Morgan fingerprint density at radius 3 is 2.33 bits per heavy atom. The number of nitriles is 1. The molecule has 3 aromatic carbocycles. The summed E-state index contributed by atoms with van der Waals surface area (Å²) in [5.41, 5.74) is 10.8. The number of nitrogens with two attached hydrogens (primary N) is 1. The average Bonchev–Trinajstić information content (AvgIpc) is 2.82. The predicted molar refractivity (Wildman–Crippen MR) is 128 cm³/mol. The molecule has 0 aliphatic heterocycles. The van der Waals surface area contributed by atoms with Gasteiger partial charge in [-0.1, -0.05) is 0 Å². The lowest BCUT2D eigenvalue weighted by molar-refractivity contribution is 0.306. The Labute approximate surface area is 192 Å². The maximum Gasteiger partial charge on any atom is 0.230 e. The maximum absolute atomic E-state index is 8.93. The summed E-state index contributed by atoms with van der Waals surface area (Å²) in [6.45, 7) is 4.43. The van der Waals surface area contributed by atoms with E-state index in [-0.39, 0.29) is 0 Å². The van der Waals surface area contributed by atoms with Gasteiger partial charge in [-0.25, -0.2) is 4.98 Å². The van der Waals surface area contributed by atoms with E-state index in [4.69, 9.17) is 20.5 Å². The van der Waals surface area contributed by atoms with Crippen LogP contribution in [0.3, 0.4) is 0 Å². The number of anilines is 3. The highest BCUT2D eigenvalue weighted by Crippen LogP contribution is 2.30. The second-order valence-corrected chi connectivity index (χ2v) is 7.55. The normalized spacial score (nSPS) is 10.3. The molecule has 0 aliphatic rings. The van der Waals surface area contributed by atoms with Gasteiger partial charge >= 0.3 is 0 Å². The number of aryl methyl sites for hydroxylation is 2. The molecule has 33 heavy (non-hydrogen) atoms. The van der Waals surface area contributed by atoms with Crippen molar-refractivity contribution in [3.8, 4) is 23.4 Å². The Bertz CT molecular complexity index is 1270. The zero-order valence-electron chi connectivity index (χ0n) is 18.4. The van der Waals surface area contributed by atoms with Crippen LogP contribution in [0.15, 0.2) is 72.9 Å². The maximum atomic E-state index is 8.93. The first-order valence-electron chi connectivity index (χ1n) is 10.4. The first-order chi connectivity index (χ1) is 16.0. The summed E-state index contributed by atoms with van der Waals surface area (Å²) in [6, 6.07) is 22.3. The van der Waals surface area contributed by atoms with Crippen LogP contribution in [0, 0.1) is 25.2 Å². The van der Waals surface area contributed by atoms with E-state index >= 15 is 0 Å². The molecule has 0 saturated carbocycles. The molecule has 164 valence electrons. The van der Waals surface area contributed by atoms with Crippen molar-refractivity contribution in [2.75, 3.05) is 11.1 Å². The van der Waals surface area contributed by atoms with Gasteiger partial charge in [0, 0.05) is 23.6 Å². The van der Waals surface area contributed by atoms with Crippen LogP contribution in [0.1, 0.15) is 22.3 Å². The van der Waals surface area contributed by atoms with E-state index in [2.05, 4.69) is 21.4 Å². The monoisotopic (exact) mass is 437 g/mol. The zero-order valence-corrected chi connectivity index (χ0v) is 18.4. The Morgan fingerprint density at radius 1 is 0.970 bits per heavy atom. The molecule has 0 unspecified atom stereocenters. The number of rotatable bonds is 7. The van der Waals surface area contributed by atoms with Gasteiger partial charge in [-0.15, -0.1) is 0 Å². The topological polar surface area (TPSA) is 106 Å². The number of aromatic nitrogens is 2. The Kier molecular flexibility index (Phi) is 6.37. The van der Waals surface area contributed by atoms with Crippen LogP contribution in [0.4, 0.5) is 17.3 Å². The number of nitrogens with one attached hydrogen (secondary N) is 1. The van der Waals surface area contributed by atoms with E-state index in [0.29, 0.717) is 29.7 Å². The average molecular weight is 438 g/mol. The molecule has 0 atom stereocenters. The third kappa shape index (κ3) is 5.57. The first kappa shape index (κ1) is 21.7. The smallest absolute Gasteiger partial charge is 0.230 e. The van der Waals surface area contributed by atoms with Gasteiger partial charge in [0.15, 0.2) is 0 Å². The highest BCUT2D eigenvalue weighted by molar-refractivity contribution is 5.55. The van der Waals surface area contributed by atoms with E-state index in [1.165, 1.54) is 0 Å². The predicted octanol–water partition coefficient (Wildman–Crippen LogP) is 5.66. The molecule has 0 amide bonds. The Hall–Kier alpha value is -4.57. The fourth-order valence-electron chi connectivity index (χ4n) is 3.34. The highest BCUT2D eigenvalue weighted by Gasteiger charge is 2.10. The largest absolute Gasteiger partial charge is 0.489 e. The molecule has 1 aromatic heterocycles. The number of ether oxygens (including phenoxy) is 2. The van der Waals surface area contributed by atoms with Gasteiger partial charge in [0.25, 0.3) is 0 Å². The number of hydrogen-bond donors (Lipinski definition) is 2. The fraction of sp³-hybridized carbons (Fsp3) is 0.115. The van der Waals surface area contributed by atoms with Crippen LogP contribution in [-0.2, 0) is 6.61 Å². The molecule has 0 saturated heterocycles. The molecule has 7 nitrogen and oxygen atoms in total. The summed E-state index contributed by atoms with van der Waals surface area (Å²) in [6.07, 6.45) is 1.63. The third-order valence-corrected chi connectivity index (χ3v) is 4.91. The molecule has 0 aliphatic carbocycles. The van der Waals surface area contributed by atoms with E-state index in [0.717, 1.165) is 33.9 Å². The van der Waals surface area contributed by atoms with Crippen LogP contribution >= 0.6 is 0 Å². The molecule has 0 spiro atoms. The van der Waals surface area contributed by atoms with Crippen molar-refractivity contribution in [1.29, 1.82) is 5.26 Å². The van der Waals surface area contributed by atoms with Crippen LogP contribution < -0.4 is 20.5 Å². The molecule has 0 bridgehead atoms. The van der Waals surface area contributed by atoms with Gasteiger partial charge in [-0.05, 0) is 91.2 Å². The molecule has 3 N–H and O–H groups in total. The van der Waals surface area contributed by atoms with Crippen LogP contribution in [0.2, 0.25) is 0 Å². The Balaban J connectivity index is 1.45. The van der Waals surface area contributed by atoms with Crippen molar-refractivity contribution >= 4 is 17.3 Å². The summed E-state index contributed by atoms with van der Waals surface area (Å²) in [5, 5.41) is 12.0. The van der Waals surface area contributed by atoms with Gasteiger partial charge in [-0.3, -0.25) is 0 Å². The second kappa shape index (κ2) is 9.71. The number of hydrogen-bond acceptors (Lipinski definition) is 7. The molecule has 7 heteroatoms. The summed E-state index contributed by atoms with van der Waals surface area (Å²) >= 11 is 0. The summed E-state index contributed by atoms with van der Waals surface area (Å²) in [7, 11) is 0. The van der Waals surface area contributed by atoms with Crippen molar-refractivity contribution in [2.24, 2.45) is 0 Å². The van der Waals surface area contributed by atoms with E-state index < -0.39 is 0 Å². The standard InChI is InChI=1S/C26H23N5O2/c1-17-13-20(16-32-23-9-5-21(28)6-10-23)14-18(2)25(17)33-24-11-12-29-26(31-24)30-22-7-3-19(15-27)4-8-22/h3-14H,16,28H2,1-2H3,(H,29,30,31). The van der Waals surface area contributed by atoms with Crippen molar-refractivity contribution in [3.63, 3.8) is 0 Å². The minimum Gasteiger partial charge on any atom is -0.489 e. The van der Waals surface area contributed by atoms with Gasteiger partial charge in [0.05, 0.1) is 11.6 Å². The van der Waals surface area contributed by atoms with Gasteiger partial charge in [0.2, 0.25) is 11.8 Å². The first-order valence-corrected chi connectivity index (χ1v) is 10.4. The molecule has 1 heterocycles. The van der Waals surface area contributed by atoms with Crippen LogP contribution in [-0.4, -0.2) is 9.97 Å². The van der Waals surface area contributed by atoms with Gasteiger partial charge < -0.3 is 20.5 Å². The summed E-state index contributed by atoms with van der Waals surface area (Å²) in [4.78, 5) is 8.69. The van der Waals surface area contributed by atoms with E-state index in [1.807, 2.05) is 50.2 Å². The minimum absolute atomic E-state index is 0.404.